The van der Waals surface area contributed by atoms with Gasteiger partial charge in [-0.25, -0.2) is 13.1 Å². The first-order valence-corrected chi connectivity index (χ1v) is 9.34. The average Bonchev–Trinajstić information content (AvgIpc) is 2.97. The molecule has 7 nitrogen and oxygen atoms in total. The Balaban J connectivity index is 2.30. The van der Waals surface area contributed by atoms with Crippen LogP contribution in [0.1, 0.15) is 38.2 Å². The third-order valence-electron chi connectivity index (χ3n) is 3.53. The van der Waals surface area contributed by atoms with Crippen LogP contribution in [0.5, 0.6) is 6.01 Å². The van der Waals surface area contributed by atoms with E-state index in [1.54, 1.807) is 11.5 Å². The number of alkyl halides is 3. The SMILES string of the molecule is CCOc1nnc([C@@H](C)NS(=O)(=O)c2cccc(C(F)(F)F)c2)n1CC. The van der Waals surface area contributed by atoms with Crippen LogP contribution < -0.4 is 9.46 Å². The van der Waals surface area contributed by atoms with Crippen molar-refractivity contribution in [3.8, 4) is 6.01 Å². The minimum Gasteiger partial charge on any atom is -0.464 e. The lowest BCUT2D eigenvalue weighted by atomic mass is 10.2. The monoisotopic (exact) mass is 392 g/mol. The van der Waals surface area contributed by atoms with Gasteiger partial charge in [0.1, 0.15) is 0 Å². The number of hydrogen-bond donors (Lipinski definition) is 1. The molecule has 1 N–H and O–H groups in total. The maximum atomic E-state index is 12.8. The van der Waals surface area contributed by atoms with E-state index < -0.39 is 32.7 Å². The van der Waals surface area contributed by atoms with Gasteiger partial charge in [-0.3, -0.25) is 4.57 Å². The lowest BCUT2D eigenvalue weighted by Gasteiger charge is -2.16. The number of nitrogens with one attached hydrogen (secondary N) is 1. The van der Waals surface area contributed by atoms with Gasteiger partial charge in [-0.2, -0.15) is 13.2 Å². The van der Waals surface area contributed by atoms with Crippen LogP contribution in [-0.2, 0) is 22.7 Å². The summed E-state index contributed by atoms with van der Waals surface area (Å²) in [7, 11) is -4.19. The Labute approximate surface area is 149 Å². The number of hydrogen-bond acceptors (Lipinski definition) is 5. The summed E-state index contributed by atoms with van der Waals surface area (Å²) in [6.45, 7) is 5.91. The zero-order valence-corrected chi connectivity index (χ0v) is 15.2. The second-order valence-corrected chi connectivity index (χ2v) is 7.10. The third kappa shape index (κ3) is 4.33. The van der Waals surface area contributed by atoms with Crippen LogP contribution in [0.2, 0.25) is 0 Å². The maximum absolute atomic E-state index is 12.8. The molecule has 0 aliphatic carbocycles. The average molecular weight is 392 g/mol. The summed E-state index contributed by atoms with van der Waals surface area (Å²) in [5.41, 5.74) is -1.04. The lowest BCUT2D eigenvalue weighted by molar-refractivity contribution is -0.137. The van der Waals surface area contributed by atoms with E-state index in [0.29, 0.717) is 25.0 Å². The standard InChI is InChI=1S/C15H19F3N4O3S/c1-4-22-13(19-20-14(22)25-5-2)10(3)21-26(23,24)12-8-6-7-11(9-12)15(16,17)18/h6-10,21H,4-5H2,1-3H3/t10-/m1/s1. The predicted octanol–water partition coefficient (Wildman–Crippen LogP) is 2.76. The summed E-state index contributed by atoms with van der Waals surface area (Å²) in [6, 6.07) is 2.96. The fraction of sp³-hybridized carbons (Fsp3) is 0.467. The van der Waals surface area contributed by atoms with Gasteiger partial charge < -0.3 is 4.74 Å². The van der Waals surface area contributed by atoms with Crippen molar-refractivity contribution in [2.75, 3.05) is 6.61 Å². The fourth-order valence-electron chi connectivity index (χ4n) is 2.35. The summed E-state index contributed by atoms with van der Waals surface area (Å²) in [5, 5.41) is 7.78. The molecule has 0 fully saturated rings. The molecule has 2 aromatic rings. The van der Waals surface area contributed by atoms with Gasteiger partial charge >= 0.3 is 12.2 Å². The van der Waals surface area contributed by atoms with Gasteiger partial charge in [0.05, 0.1) is 23.1 Å². The Hall–Kier alpha value is -2.14. The fourth-order valence-corrected chi connectivity index (χ4v) is 3.59. The Kier molecular flexibility index (Phi) is 5.91. The highest BCUT2D eigenvalue weighted by Crippen LogP contribution is 2.30. The van der Waals surface area contributed by atoms with Gasteiger partial charge in [-0.15, -0.1) is 5.10 Å². The van der Waals surface area contributed by atoms with Gasteiger partial charge in [0.15, 0.2) is 5.82 Å². The van der Waals surface area contributed by atoms with Crippen molar-refractivity contribution >= 4 is 10.0 Å². The van der Waals surface area contributed by atoms with E-state index in [4.69, 9.17) is 4.74 Å². The molecule has 11 heteroatoms. The van der Waals surface area contributed by atoms with Crippen LogP contribution in [0.4, 0.5) is 13.2 Å². The second-order valence-electron chi connectivity index (χ2n) is 5.39. The zero-order valence-electron chi connectivity index (χ0n) is 14.4. The van der Waals surface area contributed by atoms with Gasteiger partial charge in [-0.05, 0) is 39.0 Å². The van der Waals surface area contributed by atoms with Crippen LogP contribution >= 0.6 is 0 Å². The van der Waals surface area contributed by atoms with Gasteiger partial charge in [0, 0.05) is 6.54 Å². The highest BCUT2D eigenvalue weighted by Gasteiger charge is 2.32. The number of nitrogens with zero attached hydrogens (tertiary/aromatic N) is 3. The molecular weight excluding hydrogens is 373 g/mol. The van der Waals surface area contributed by atoms with Crippen molar-refractivity contribution in [1.29, 1.82) is 0 Å². The van der Waals surface area contributed by atoms with E-state index in [1.165, 1.54) is 6.92 Å². The van der Waals surface area contributed by atoms with E-state index in [1.807, 2.05) is 6.92 Å². The van der Waals surface area contributed by atoms with Crippen LogP contribution in [0.3, 0.4) is 0 Å². The van der Waals surface area contributed by atoms with E-state index in [0.717, 1.165) is 18.2 Å². The molecule has 0 spiro atoms. The first-order chi connectivity index (χ1) is 12.1. The van der Waals surface area contributed by atoms with Crippen molar-refractivity contribution < 1.29 is 26.3 Å². The summed E-state index contributed by atoms with van der Waals surface area (Å²) < 4.78 is 72.6. The number of aromatic nitrogens is 3. The number of rotatable bonds is 7. The maximum Gasteiger partial charge on any atom is 0.416 e. The first kappa shape index (κ1) is 20.2. The molecule has 0 unspecified atom stereocenters. The summed E-state index contributed by atoms with van der Waals surface area (Å²) >= 11 is 0. The first-order valence-electron chi connectivity index (χ1n) is 7.85. The molecular formula is C15H19F3N4O3S. The predicted molar refractivity (Wildman–Crippen MR) is 87.0 cm³/mol. The van der Waals surface area contributed by atoms with E-state index in [2.05, 4.69) is 14.9 Å². The van der Waals surface area contributed by atoms with E-state index in [-0.39, 0.29) is 6.01 Å². The lowest BCUT2D eigenvalue weighted by Crippen LogP contribution is -2.29. The molecule has 1 heterocycles. The number of halogens is 3. The Morgan fingerprint density at radius 3 is 2.54 bits per heavy atom. The number of benzene rings is 1. The molecule has 0 aliphatic heterocycles. The highest BCUT2D eigenvalue weighted by atomic mass is 32.2. The molecule has 0 bridgehead atoms. The molecule has 26 heavy (non-hydrogen) atoms. The third-order valence-corrected chi connectivity index (χ3v) is 5.06. The molecule has 0 saturated carbocycles. The van der Waals surface area contributed by atoms with Gasteiger partial charge in [0.2, 0.25) is 10.0 Å². The van der Waals surface area contributed by atoms with Crippen molar-refractivity contribution in [3.63, 3.8) is 0 Å². The largest absolute Gasteiger partial charge is 0.464 e. The molecule has 144 valence electrons. The molecule has 1 atom stereocenters. The molecule has 1 aromatic heterocycles. The number of ether oxygens (including phenoxy) is 1. The summed E-state index contributed by atoms with van der Waals surface area (Å²) in [5.74, 6) is 0.298. The van der Waals surface area contributed by atoms with E-state index >= 15 is 0 Å². The Morgan fingerprint density at radius 1 is 1.27 bits per heavy atom. The normalized spacial score (nSPS) is 13.6. The molecule has 1 aromatic carbocycles. The topological polar surface area (TPSA) is 86.1 Å². The molecule has 0 radical (unpaired) electrons. The van der Waals surface area contributed by atoms with Crippen LogP contribution in [0.25, 0.3) is 0 Å². The van der Waals surface area contributed by atoms with Crippen molar-refractivity contribution in [2.45, 2.75) is 44.4 Å². The minimum atomic E-state index is -4.63. The highest BCUT2D eigenvalue weighted by molar-refractivity contribution is 7.89. The zero-order chi connectivity index (χ0) is 19.5. The van der Waals surface area contributed by atoms with Crippen LogP contribution in [-0.4, -0.2) is 29.8 Å². The molecule has 0 amide bonds. The second kappa shape index (κ2) is 7.62. The van der Waals surface area contributed by atoms with Crippen molar-refractivity contribution in [2.24, 2.45) is 0 Å². The number of sulfonamides is 1. The summed E-state index contributed by atoms with van der Waals surface area (Å²) in [4.78, 5) is -0.480. The molecule has 0 saturated heterocycles. The van der Waals surface area contributed by atoms with Crippen LogP contribution in [0.15, 0.2) is 29.2 Å². The van der Waals surface area contributed by atoms with Crippen molar-refractivity contribution in [1.82, 2.24) is 19.5 Å². The van der Waals surface area contributed by atoms with Gasteiger partial charge in [-0.1, -0.05) is 11.2 Å². The Bertz CT molecular complexity index is 865. The smallest absolute Gasteiger partial charge is 0.416 e. The molecule has 2 rings (SSSR count). The minimum absolute atomic E-state index is 0.245. The van der Waals surface area contributed by atoms with Crippen LogP contribution in [0, 0.1) is 0 Å². The summed E-state index contributed by atoms with van der Waals surface area (Å²) in [6.07, 6.45) is -4.63. The van der Waals surface area contributed by atoms with Crippen molar-refractivity contribution in [3.05, 3.63) is 35.7 Å². The molecule has 0 aliphatic rings. The van der Waals surface area contributed by atoms with E-state index in [9.17, 15) is 21.6 Å². The Morgan fingerprint density at radius 2 is 1.96 bits per heavy atom. The quantitative estimate of drug-likeness (QED) is 0.783. The van der Waals surface area contributed by atoms with Gasteiger partial charge in [0.25, 0.3) is 0 Å².